The van der Waals surface area contributed by atoms with E-state index < -0.39 is 0 Å². The number of piperidine rings is 1. The van der Waals surface area contributed by atoms with Crippen molar-refractivity contribution in [2.24, 2.45) is 40.9 Å². The number of amides is 1. The van der Waals surface area contributed by atoms with Crippen molar-refractivity contribution in [3.8, 4) is 0 Å². The summed E-state index contributed by atoms with van der Waals surface area (Å²) >= 11 is 0. The van der Waals surface area contributed by atoms with Gasteiger partial charge >= 0.3 is 5.97 Å². The van der Waals surface area contributed by atoms with E-state index >= 15 is 0 Å². The molecule has 7 aliphatic rings. The molecule has 13 unspecified atom stereocenters. The second-order valence-electron chi connectivity index (χ2n) is 14.7. The van der Waals surface area contributed by atoms with E-state index in [9.17, 15) is 14.4 Å². The lowest BCUT2D eigenvalue weighted by molar-refractivity contribution is -0.160. The van der Waals surface area contributed by atoms with Gasteiger partial charge in [-0.2, -0.15) is 0 Å². The van der Waals surface area contributed by atoms with Crippen molar-refractivity contribution in [3.63, 3.8) is 0 Å². The highest BCUT2D eigenvalue weighted by molar-refractivity contribution is 5.83. The molecule has 4 aliphatic carbocycles. The summed E-state index contributed by atoms with van der Waals surface area (Å²) in [6.07, 6.45) is 6.96. The lowest BCUT2D eigenvalue weighted by Gasteiger charge is -2.52. The summed E-state index contributed by atoms with van der Waals surface area (Å²) in [5.41, 5.74) is -1.08. The average molecular weight is 528 g/mol. The molecule has 1 amide bonds. The Morgan fingerprint density at radius 3 is 2.50 bits per heavy atom. The fraction of sp³-hybridized carbons (Fsp3) is 0.903. The normalized spacial score (nSPS) is 56.4. The van der Waals surface area contributed by atoms with Gasteiger partial charge in [-0.15, -0.1) is 0 Å². The minimum absolute atomic E-state index is 0.0347. The molecular formula is C31H45NO6. The van der Waals surface area contributed by atoms with E-state index in [1.54, 1.807) is 6.92 Å². The molecule has 2 spiro atoms. The van der Waals surface area contributed by atoms with Crippen molar-refractivity contribution in [2.75, 3.05) is 6.54 Å². The van der Waals surface area contributed by atoms with Crippen LogP contribution in [0.3, 0.4) is 0 Å². The first-order valence-corrected chi connectivity index (χ1v) is 15.2. The summed E-state index contributed by atoms with van der Waals surface area (Å²) < 4.78 is 19.7. The molecular weight excluding hydrogens is 482 g/mol. The van der Waals surface area contributed by atoms with Crippen LogP contribution in [0.4, 0.5) is 0 Å². The predicted octanol–water partition coefficient (Wildman–Crippen LogP) is 4.30. The number of carbonyl (C=O) groups is 3. The van der Waals surface area contributed by atoms with Crippen LogP contribution in [-0.4, -0.2) is 64.2 Å². The Morgan fingerprint density at radius 2 is 1.79 bits per heavy atom. The van der Waals surface area contributed by atoms with Crippen LogP contribution in [0.1, 0.15) is 92.9 Å². The number of carbonyl (C=O) groups excluding carboxylic acids is 3. The van der Waals surface area contributed by atoms with Crippen molar-refractivity contribution >= 4 is 17.7 Å². The Kier molecular flexibility index (Phi) is 5.26. The molecule has 3 heterocycles. The third kappa shape index (κ3) is 2.96. The van der Waals surface area contributed by atoms with Crippen LogP contribution in [0.2, 0.25) is 0 Å². The van der Waals surface area contributed by atoms with Crippen molar-refractivity contribution < 1.29 is 28.6 Å². The molecule has 7 heteroatoms. The number of hydrogen-bond donors (Lipinski definition) is 0. The number of fused-ring (bicyclic) bond motifs is 6. The van der Waals surface area contributed by atoms with E-state index in [0.29, 0.717) is 42.3 Å². The first kappa shape index (κ1) is 25.5. The van der Waals surface area contributed by atoms with Gasteiger partial charge in [0.2, 0.25) is 5.91 Å². The van der Waals surface area contributed by atoms with Crippen LogP contribution in [0.15, 0.2) is 0 Å². The van der Waals surface area contributed by atoms with Gasteiger partial charge < -0.3 is 19.1 Å². The maximum absolute atomic E-state index is 13.6. The lowest BCUT2D eigenvalue weighted by atomic mass is 9.51. The summed E-state index contributed by atoms with van der Waals surface area (Å²) in [5, 5.41) is 0. The number of ketones is 1. The molecule has 0 N–H and O–H groups in total. The second-order valence-corrected chi connectivity index (χ2v) is 14.7. The zero-order valence-corrected chi connectivity index (χ0v) is 24.0. The summed E-state index contributed by atoms with van der Waals surface area (Å²) in [6, 6.07) is 0.113. The Balaban J connectivity index is 1.19. The summed E-state index contributed by atoms with van der Waals surface area (Å²) in [6.45, 7) is 13.1. The van der Waals surface area contributed by atoms with E-state index in [1.165, 1.54) is 6.92 Å². The monoisotopic (exact) mass is 527 g/mol. The highest BCUT2D eigenvalue weighted by Crippen LogP contribution is 2.78. The van der Waals surface area contributed by atoms with Crippen LogP contribution >= 0.6 is 0 Å². The van der Waals surface area contributed by atoms with Crippen LogP contribution in [-0.2, 0) is 28.6 Å². The van der Waals surface area contributed by atoms with Crippen molar-refractivity contribution in [1.82, 2.24) is 4.90 Å². The van der Waals surface area contributed by atoms with Crippen LogP contribution in [0.25, 0.3) is 0 Å². The molecule has 7 nitrogen and oxygen atoms in total. The fourth-order valence-electron chi connectivity index (χ4n) is 11.5. The number of likely N-dealkylation sites (tertiary alicyclic amines) is 1. The average Bonchev–Trinajstić information content (AvgIpc) is 3.20. The molecule has 0 aromatic carbocycles. The molecule has 210 valence electrons. The van der Waals surface area contributed by atoms with Gasteiger partial charge in [-0.05, 0) is 81.0 Å². The van der Waals surface area contributed by atoms with Gasteiger partial charge in [0.05, 0.1) is 12.1 Å². The second kappa shape index (κ2) is 7.84. The number of Topliss-reactive ketones (excluding diaryl/α,β-unsaturated/α-hetero) is 1. The number of epoxide rings is 1. The Hall–Kier alpha value is -1.47. The summed E-state index contributed by atoms with van der Waals surface area (Å²) in [4.78, 5) is 40.0. The SMILES string of the molecule is CC(=O)OC1CCC2(C)C(C1)C(=O)CC1C2CC23OC2(C)C2(CCC13)OC1CC(C)CN(C(C)=O)C1C2C. The largest absolute Gasteiger partial charge is 0.463 e. The minimum atomic E-state index is -0.388. The predicted molar refractivity (Wildman–Crippen MR) is 139 cm³/mol. The van der Waals surface area contributed by atoms with Gasteiger partial charge in [-0.3, -0.25) is 14.4 Å². The highest BCUT2D eigenvalue weighted by atomic mass is 16.7. The third-order valence-corrected chi connectivity index (χ3v) is 13.1. The first-order chi connectivity index (χ1) is 17.9. The quantitative estimate of drug-likeness (QED) is 0.373. The standard InChI is InChI=1S/C31H45NO6/c1-16-11-26-27(32(15-16)18(3)33)17(2)30(37-26)10-8-22-21-13-25(35)23-12-20(36-19(4)34)7-9-28(23,5)24(21)14-31(22)29(30,6)38-31/h16-17,20-24,26-27H,7-15H2,1-6H3. The van der Waals surface area contributed by atoms with Crippen molar-refractivity contribution in [2.45, 2.75) is 128 Å². The zero-order valence-electron chi connectivity index (χ0n) is 24.0. The molecule has 4 saturated carbocycles. The summed E-state index contributed by atoms with van der Waals surface area (Å²) in [5.74, 6) is 2.07. The van der Waals surface area contributed by atoms with Crippen LogP contribution < -0.4 is 0 Å². The molecule has 7 rings (SSSR count). The molecule has 38 heavy (non-hydrogen) atoms. The molecule has 0 bridgehead atoms. The van der Waals surface area contributed by atoms with Crippen LogP contribution in [0, 0.1) is 40.9 Å². The third-order valence-electron chi connectivity index (χ3n) is 13.1. The lowest BCUT2D eigenvalue weighted by Crippen LogP contribution is -2.58. The number of esters is 1. The smallest absolute Gasteiger partial charge is 0.302 e. The molecule has 7 fully saturated rings. The van der Waals surface area contributed by atoms with Gasteiger partial charge in [0.1, 0.15) is 28.7 Å². The van der Waals surface area contributed by atoms with E-state index in [0.717, 1.165) is 45.1 Å². The number of ether oxygens (including phenoxy) is 3. The highest BCUT2D eigenvalue weighted by Gasteiger charge is 2.87. The van der Waals surface area contributed by atoms with Gasteiger partial charge in [-0.25, -0.2) is 0 Å². The molecule has 0 aromatic rings. The number of nitrogens with zero attached hydrogens (tertiary/aromatic N) is 1. The van der Waals surface area contributed by atoms with Gasteiger partial charge in [-0.1, -0.05) is 20.8 Å². The van der Waals surface area contributed by atoms with Gasteiger partial charge in [0, 0.05) is 38.6 Å². The Morgan fingerprint density at radius 1 is 1.03 bits per heavy atom. The van der Waals surface area contributed by atoms with Gasteiger partial charge in [0.25, 0.3) is 0 Å². The van der Waals surface area contributed by atoms with E-state index in [1.807, 2.05) is 0 Å². The van der Waals surface area contributed by atoms with E-state index in [2.05, 4.69) is 32.6 Å². The fourth-order valence-corrected chi connectivity index (χ4v) is 11.5. The molecule has 0 aromatic heterocycles. The topological polar surface area (TPSA) is 85.4 Å². The molecule has 0 radical (unpaired) electrons. The Bertz CT molecular complexity index is 1090. The first-order valence-electron chi connectivity index (χ1n) is 15.2. The number of hydrogen-bond acceptors (Lipinski definition) is 6. The van der Waals surface area contributed by atoms with Gasteiger partial charge in [0.15, 0.2) is 0 Å². The Labute approximate surface area is 226 Å². The summed E-state index contributed by atoms with van der Waals surface area (Å²) in [7, 11) is 0. The van der Waals surface area contributed by atoms with Crippen molar-refractivity contribution in [3.05, 3.63) is 0 Å². The van der Waals surface area contributed by atoms with E-state index in [-0.39, 0.29) is 64.2 Å². The maximum Gasteiger partial charge on any atom is 0.302 e. The van der Waals surface area contributed by atoms with E-state index in [4.69, 9.17) is 14.2 Å². The molecule has 13 atom stereocenters. The molecule has 3 aliphatic heterocycles. The van der Waals surface area contributed by atoms with Crippen LogP contribution in [0.5, 0.6) is 0 Å². The number of rotatable bonds is 1. The molecule has 3 saturated heterocycles. The van der Waals surface area contributed by atoms with Crippen molar-refractivity contribution in [1.29, 1.82) is 0 Å². The minimum Gasteiger partial charge on any atom is -0.463 e. The maximum atomic E-state index is 13.6. The zero-order chi connectivity index (χ0) is 27.0.